The Bertz CT molecular complexity index is 389. The van der Waals surface area contributed by atoms with Crippen LogP contribution in [0.2, 0.25) is 0 Å². The van der Waals surface area contributed by atoms with Gasteiger partial charge in [-0.05, 0) is 54.5 Å². The molecular formula is C15H27N3. The van der Waals surface area contributed by atoms with Gasteiger partial charge in [-0.1, -0.05) is 20.8 Å². The fraction of sp³-hybridized carbons (Fsp3) is 0.800. The number of aromatic nitrogens is 2. The van der Waals surface area contributed by atoms with Crippen molar-refractivity contribution < 1.29 is 0 Å². The highest BCUT2D eigenvalue weighted by Crippen LogP contribution is 2.46. The maximum atomic E-state index is 5.97. The molecule has 2 N–H and O–H groups in total. The third-order valence-electron chi connectivity index (χ3n) is 4.67. The number of nitrogens with zero attached hydrogens (tertiary/aromatic N) is 2. The molecule has 1 aliphatic rings. The van der Waals surface area contributed by atoms with Crippen molar-refractivity contribution in [3.63, 3.8) is 0 Å². The molecule has 0 radical (unpaired) electrons. The smallest absolute Gasteiger partial charge is 0.0524 e. The Morgan fingerprint density at radius 1 is 1.39 bits per heavy atom. The van der Waals surface area contributed by atoms with E-state index in [9.17, 15) is 0 Å². The molecule has 1 heterocycles. The van der Waals surface area contributed by atoms with E-state index < -0.39 is 0 Å². The van der Waals surface area contributed by atoms with Gasteiger partial charge in [-0.3, -0.25) is 4.68 Å². The zero-order valence-electron chi connectivity index (χ0n) is 12.2. The van der Waals surface area contributed by atoms with Crippen molar-refractivity contribution >= 4 is 0 Å². The van der Waals surface area contributed by atoms with Crippen LogP contribution in [0.5, 0.6) is 0 Å². The molecule has 1 aromatic heterocycles. The van der Waals surface area contributed by atoms with Gasteiger partial charge in [-0.25, -0.2) is 0 Å². The van der Waals surface area contributed by atoms with E-state index in [0.717, 1.165) is 12.5 Å². The van der Waals surface area contributed by atoms with E-state index >= 15 is 0 Å². The molecule has 3 atom stereocenters. The molecule has 0 amide bonds. The third kappa shape index (κ3) is 2.77. The maximum Gasteiger partial charge on any atom is 0.0524 e. The Morgan fingerprint density at radius 3 is 2.61 bits per heavy atom. The first-order valence-electron chi connectivity index (χ1n) is 7.10. The summed E-state index contributed by atoms with van der Waals surface area (Å²) in [5.74, 6) is 2.03. The van der Waals surface area contributed by atoms with Crippen LogP contribution in [0.1, 0.15) is 51.5 Å². The second-order valence-corrected chi connectivity index (χ2v) is 6.93. The van der Waals surface area contributed by atoms with Crippen LogP contribution in [0.25, 0.3) is 0 Å². The van der Waals surface area contributed by atoms with Gasteiger partial charge < -0.3 is 5.73 Å². The van der Waals surface area contributed by atoms with Gasteiger partial charge in [0, 0.05) is 13.2 Å². The summed E-state index contributed by atoms with van der Waals surface area (Å²) in [6.07, 6.45) is 8.04. The summed E-state index contributed by atoms with van der Waals surface area (Å²) in [5.41, 5.74) is 7.74. The van der Waals surface area contributed by atoms with Crippen LogP contribution in [0.3, 0.4) is 0 Å². The number of hydrogen-bond donors (Lipinski definition) is 1. The van der Waals surface area contributed by atoms with Crippen molar-refractivity contribution in [1.29, 1.82) is 0 Å². The minimum atomic E-state index is 0.403. The van der Waals surface area contributed by atoms with Crippen LogP contribution in [-0.2, 0) is 7.05 Å². The van der Waals surface area contributed by atoms with Crippen molar-refractivity contribution in [3.05, 3.63) is 18.0 Å². The van der Waals surface area contributed by atoms with Crippen molar-refractivity contribution in [1.82, 2.24) is 9.78 Å². The molecular weight excluding hydrogens is 222 g/mol. The number of aryl methyl sites for hydroxylation is 1. The van der Waals surface area contributed by atoms with E-state index in [4.69, 9.17) is 5.73 Å². The molecule has 102 valence electrons. The molecule has 0 bridgehead atoms. The van der Waals surface area contributed by atoms with Crippen LogP contribution in [0.15, 0.2) is 12.4 Å². The van der Waals surface area contributed by atoms with E-state index in [1.807, 2.05) is 17.9 Å². The molecule has 1 aromatic rings. The van der Waals surface area contributed by atoms with Gasteiger partial charge in [0.15, 0.2) is 0 Å². The first-order chi connectivity index (χ1) is 8.41. The monoisotopic (exact) mass is 249 g/mol. The summed E-state index contributed by atoms with van der Waals surface area (Å²) in [6.45, 7) is 7.89. The summed E-state index contributed by atoms with van der Waals surface area (Å²) in [5, 5.41) is 4.32. The van der Waals surface area contributed by atoms with Crippen molar-refractivity contribution in [2.75, 3.05) is 6.54 Å². The Morgan fingerprint density at radius 2 is 2.11 bits per heavy atom. The molecule has 0 aliphatic heterocycles. The molecule has 3 unspecified atom stereocenters. The number of rotatable bonds is 2. The van der Waals surface area contributed by atoms with Gasteiger partial charge in [0.05, 0.1) is 6.20 Å². The Labute approximate surface area is 111 Å². The van der Waals surface area contributed by atoms with E-state index in [0.29, 0.717) is 17.3 Å². The van der Waals surface area contributed by atoms with Gasteiger partial charge in [0.2, 0.25) is 0 Å². The van der Waals surface area contributed by atoms with Crippen molar-refractivity contribution in [2.45, 2.75) is 46.0 Å². The minimum Gasteiger partial charge on any atom is -0.330 e. The zero-order valence-corrected chi connectivity index (χ0v) is 12.2. The molecule has 1 fully saturated rings. The second kappa shape index (κ2) is 5.04. The van der Waals surface area contributed by atoms with Gasteiger partial charge in [-0.2, -0.15) is 5.10 Å². The molecule has 0 aromatic carbocycles. The minimum absolute atomic E-state index is 0.403. The lowest BCUT2D eigenvalue weighted by atomic mass is 9.64. The average Bonchev–Trinajstić information content (AvgIpc) is 2.73. The largest absolute Gasteiger partial charge is 0.330 e. The van der Waals surface area contributed by atoms with Gasteiger partial charge in [0.1, 0.15) is 0 Å². The Kier molecular flexibility index (Phi) is 3.81. The topological polar surface area (TPSA) is 43.8 Å². The molecule has 1 saturated carbocycles. The maximum absolute atomic E-state index is 5.97. The van der Waals surface area contributed by atoms with E-state index in [1.54, 1.807) is 0 Å². The van der Waals surface area contributed by atoms with Crippen molar-refractivity contribution in [2.24, 2.45) is 30.0 Å². The summed E-state index contributed by atoms with van der Waals surface area (Å²) >= 11 is 0. The lowest BCUT2D eigenvalue weighted by Gasteiger charge is -2.41. The summed E-state index contributed by atoms with van der Waals surface area (Å²) < 4.78 is 1.91. The van der Waals surface area contributed by atoms with Gasteiger partial charge in [0.25, 0.3) is 0 Å². The SMILES string of the molecule is Cn1cc(C2CC(C(C)(C)C)CCC2CN)cn1. The fourth-order valence-electron chi connectivity index (χ4n) is 3.34. The Balaban J connectivity index is 2.18. The molecule has 0 saturated heterocycles. The summed E-state index contributed by atoms with van der Waals surface area (Å²) in [6, 6.07) is 0. The highest BCUT2D eigenvalue weighted by atomic mass is 15.2. The highest BCUT2D eigenvalue weighted by Gasteiger charge is 2.36. The molecule has 3 heteroatoms. The van der Waals surface area contributed by atoms with Crippen molar-refractivity contribution in [3.8, 4) is 0 Å². The van der Waals surface area contributed by atoms with E-state index in [1.165, 1.54) is 24.8 Å². The standard InChI is InChI=1S/C15H27N3/c1-15(2,3)13-6-5-11(8-16)14(7-13)12-9-17-18(4)10-12/h9-11,13-14H,5-8,16H2,1-4H3. The van der Waals surface area contributed by atoms with Crippen LogP contribution < -0.4 is 5.73 Å². The summed E-state index contributed by atoms with van der Waals surface area (Å²) in [4.78, 5) is 0. The number of hydrogen-bond acceptors (Lipinski definition) is 2. The quantitative estimate of drug-likeness (QED) is 0.876. The third-order valence-corrected chi connectivity index (χ3v) is 4.67. The van der Waals surface area contributed by atoms with Gasteiger partial charge >= 0.3 is 0 Å². The fourth-order valence-corrected chi connectivity index (χ4v) is 3.34. The molecule has 3 nitrogen and oxygen atoms in total. The second-order valence-electron chi connectivity index (χ2n) is 6.93. The predicted octanol–water partition coefficient (Wildman–Crippen LogP) is 2.92. The van der Waals surface area contributed by atoms with Crippen LogP contribution >= 0.6 is 0 Å². The lowest BCUT2D eigenvalue weighted by Crippen LogP contribution is -2.33. The first-order valence-corrected chi connectivity index (χ1v) is 7.10. The van der Waals surface area contributed by atoms with E-state index in [-0.39, 0.29) is 0 Å². The van der Waals surface area contributed by atoms with Crippen LogP contribution in [-0.4, -0.2) is 16.3 Å². The van der Waals surface area contributed by atoms with Crippen LogP contribution in [0, 0.1) is 17.3 Å². The molecule has 0 spiro atoms. The zero-order chi connectivity index (χ0) is 13.3. The molecule has 18 heavy (non-hydrogen) atoms. The summed E-state index contributed by atoms with van der Waals surface area (Å²) in [7, 11) is 1.99. The van der Waals surface area contributed by atoms with E-state index in [2.05, 4.69) is 32.1 Å². The molecule has 1 aliphatic carbocycles. The normalized spacial score (nSPS) is 29.5. The molecule has 2 rings (SSSR count). The lowest BCUT2D eigenvalue weighted by molar-refractivity contribution is 0.133. The average molecular weight is 249 g/mol. The highest BCUT2D eigenvalue weighted by molar-refractivity contribution is 5.14. The Hall–Kier alpha value is -0.830. The number of nitrogens with two attached hydrogens (primary N) is 1. The van der Waals surface area contributed by atoms with Crippen LogP contribution in [0.4, 0.5) is 0 Å². The first kappa shape index (κ1) is 13.6. The predicted molar refractivity (Wildman–Crippen MR) is 75.3 cm³/mol. The van der Waals surface area contributed by atoms with Gasteiger partial charge in [-0.15, -0.1) is 0 Å².